The molecule has 0 aliphatic heterocycles. The highest BCUT2D eigenvalue weighted by Gasteiger charge is 2.20. The van der Waals surface area contributed by atoms with Crippen molar-refractivity contribution >= 4 is 92.9 Å². The lowest BCUT2D eigenvalue weighted by Gasteiger charge is -2.13. The van der Waals surface area contributed by atoms with Crippen LogP contribution in [0.1, 0.15) is 130 Å². The molecule has 30 nitrogen and oxygen atoms in total. The number of aryl methyl sites for hydroxylation is 12. The molecule has 712 valence electrons. The van der Waals surface area contributed by atoms with Gasteiger partial charge in [-0.3, -0.25) is 39.1 Å². The average Bonchev–Trinajstić information content (AvgIpc) is 1.08. The van der Waals surface area contributed by atoms with Crippen LogP contribution in [0, 0.1) is 82.9 Å². The highest BCUT2D eigenvalue weighted by atomic mass is 16.2. The quantitative estimate of drug-likeness (QED) is 0.0278. The van der Waals surface area contributed by atoms with E-state index in [2.05, 4.69) is 112 Å². The molecular weight excluding hydrogens is 1800 g/mol. The minimum atomic E-state index is -2.46. The molecule has 0 radical (unpaired) electrons. The summed E-state index contributed by atoms with van der Waals surface area (Å²) >= 11 is 0. The van der Waals surface area contributed by atoms with Gasteiger partial charge in [0.2, 0.25) is 23.8 Å². The third-order valence-electron chi connectivity index (χ3n) is 21.8. The van der Waals surface area contributed by atoms with Crippen LogP contribution in [0.15, 0.2) is 354 Å². The molecular formula is C114H102N26O4. The topological polar surface area (TPSA) is 365 Å². The van der Waals surface area contributed by atoms with Crippen molar-refractivity contribution in [2.24, 2.45) is 0 Å². The van der Waals surface area contributed by atoms with Gasteiger partial charge in [0.25, 0.3) is 23.6 Å². The number of amides is 4. The zero-order valence-electron chi connectivity index (χ0n) is 95.4. The van der Waals surface area contributed by atoms with Crippen molar-refractivity contribution in [3.05, 3.63) is 444 Å². The fraction of sp³-hybridized carbons (Fsp3) is 0.105. The Hall–Kier alpha value is -19.3. The smallest absolute Gasteiger partial charge is 0.255 e. The Balaban J connectivity index is 0.000000143. The van der Waals surface area contributed by atoms with E-state index in [1.807, 2.05) is 150 Å². The number of carbonyl (C=O) groups excluding carboxylic acids is 4. The van der Waals surface area contributed by atoms with Crippen LogP contribution >= 0.6 is 0 Å². The van der Waals surface area contributed by atoms with E-state index in [9.17, 15) is 19.2 Å². The van der Waals surface area contributed by atoms with Gasteiger partial charge < -0.3 is 60.8 Å². The highest BCUT2D eigenvalue weighted by molar-refractivity contribution is 6.08. The summed E-state index contributed by atoms with van der Waals surface area (Å²) in [5, 5.41) is 23.9. The first-order chi connectivity index (χ1) is 76.3. The minimum Gasteiger partial charge on any atom is -0.324 e. The van der Waals surface area contributed by atoms with Crippen molar-refractivity contribution < 1.29 is 41.1 Å². The second-order valence-electron chi connectivity index (χ2n) is 33.4. The van der Waals surface area contributed by atoms with Gasteiger partial charge in [-0.25, -0.2) is 49.8 Å². The molecule has 12 aromatic heterocycles. The Labute approximate surface area is 855 Å². The minimum absolute atomic E-state index is 0.00343. The van der Waals surface area contributed by atoms with Gasteiger partial charge in [0.05, 0.1) is 57.7 Å². The fourth-order valence-corrected chi connectivity index (χ4v) is 14.9. The van der Waals surface area contributed by atoms with Gasteiger partial charge in [0.15, 0.2) is 0 Å². The van der Waals surface area contributed by atoms with Gasteiger partial charge >= 0.3 is 0 Å². The van der Waals surface area contributed by atoms with Crippen molar-refractivity contribution in [2.45, 2.75) is 82.9 Å². The van der Waals surface area contributed by atoms with Crippen LogP contribution in [0.25, 0.3) is 67.8 Å². The van der Waals surface area contributed by atoms with Gasteiger partial charge in [-0.1, -0.05) is 24.3 Å². The first-order valence-electron chi connectivity index (χ1n) is 53.0. The number of imidazole rings is 2. The van der Waals surface area contributed by atoms with E-state index in [4.69, 9.17) is 21.9 Å². The number of aromatic nitrogens is 18. The maximum absolute atomic E-state index is 13.3. The largest absolute Gasteiger partial charge is 0.324 e. The molecule has 30 heteroatoms. The van der Waals surface area contributed by atoms with Crippen LogP contribution in [-0.4, -0.2) is 112 Å². The summed E-state index contributed by atoms with van der Waals surface area (Å²) in [7, 11) is 0. The van der Waals surface area contributed by atoms with Crippen molar-refractivity contribution in [3.8, 4) is 67.8 Å². The van der Waals surface area contributed by atoms with Crippen molar-refractivity contribution in [3.63, 3.8) is 0 Å². The number of anilines is 12. The SMILES string of the molecule is [2H]c1cc(C)c([2H])n1-c1cc(C)cc(NC(=O)c2ccc(C([2H])([2H])[2H])c(Nc3nccc(-c4cccnc4)n3)c2)c1.[2H]c1nc(C)c([2H])n1-c1cc(C)cc(NC(=O)c2ccc(C([2H])([2H])[2H])c(Nc3nccc(-c4cccnc4)n3)c2)c1.[2H]c1nc(C)c([2H])n1-c1cc(C)cc(NC(=O)c2ccc(C)c(Nc3nccc(-c4cccnc4)n3)c2)c1.[2H]c1nc([2H])c(-c2ccnc(Nc3cc(C(=O)Nc4cc(C)cc(-n5ccc(C)c5)c4)ccc3C)n2)c([2H])c1[2H]. The van der Waals surface area contributed by atoms with E-state index < -0.39 is 31.7 Å². The zero-order valence-corrected chi connectivity index (χ0v) is 79.4. The molecule has 4 amide bonds. The lowest BCUT2D eigenvalue weighted by molar-refractivity contribution is 0.101. The monoisotopic (exact) mass is 1910 g/mol. The van der Waals surface area contributed by atoms with Gasteiger partial charge in [-0.15, -0.1) is 0 Å². The molecule has 0 saturated heterocycles. The number of pyridine rings is 4. The molecule has 0 spiro atoms. The average molecular weight is 1920 g/mol. The molecule has 20 rings (SSSR count). The van der Waals surface area contributed by atoms with Crippen LogP contribution < -0.4 is 42.5 Å². The van der Waals surface area contributed by atoms with Crippen molar-refractivity contribution in [1.82, 2.24) is 88.0 Å². The second kappa shape index (κ2) is 44.5. The van der Waals surface area contributed by atoms with Crippen LogP contribution in [-0.2, 0) is 0 Å². The number of hydrogen-bond acceptors (Lipinski definition) is 22. The molecule has 0 atom stereocenters. The number of rotatable bonds is 24. The van der Waals surface area contributed by atoms with E-state index in [-0.39, 0.29) is 130 Å². The maximum Gasteiger partial charge on any atom is 0.255 e. The molecule has 0 aliphatic carbocycles. The van der Waals surface area contributed by atoms with E-state index in [0.29, 0.717) is 96.6 Å². The summed E-state index contributed by atoms with van der Waals surface area (Å²) in [6, 6.07) is 61.7. The summed E-state index contributed by atoms with van der Waals surface area (Å²) in [5.74, 6) is -0.609. The lowest BCUT2D eigenvalue weighted by Crippen LogP contribution is -2.13. The molecule has 20 aromatic rings. The van der Waals surface area contributed by atoms with Crippen LogP contribution in [0.2, 0.25) is 0 Å². The Bertz CT molecular complexity index is 8710. The molecule has 0 unspecified atom stereocenters. The normalized spacial score (nSPS) is 12.5. The Kier molecular flexibility index (Phi) is 24.0. The standard InChI is InChI=1S/2C29H26N6O.2C28H25N7O/c2*1-19-9-12-35(18-19)25-14-20(2)13-24(16-25)32-28(36)22-7-6-21(3)27(15-22)34-29-31-11-8-26(33-29)23-5-4-10-30-17-23;2*1-18-11-23(14-24(12-18)35-16-20(3)31-17-35)32-27(36)21-7-6-19(2)26(13-21)34-28-30-10-8-25(33-28)22-5-4-9-29-15-22/h2*4-18H,1-3H3,(H,32,36)(H,31,33,34);2*4-17H,1-3H3,(H,32,36)(H,30,33,34)/i4D,5D,10D,17D;3D3,12D,18D;2D3,16D,17D;16D,17D. The highest BCUT2D eigenvalue weighted by Crippen LogP contribution is 2.33. The number of hydrogen-bond donors (Lipinski definition) is 8. The fourth-order valence-electron chi connectivity index (χ4n) is 14.9. The molecule has 0 saturated carbocycles. The van der Waals surface area contributed by atoms with Crippen LogP contribution in [0.3, 0.4) is 0 Å². The first-order valence-corrected chi connectivity index (χ1v) is 45.0. The number of carbonyl (C=O) groups is 4. The summed E-state index contributed by atoms with van der Waals surface area (Å²) in [6.45, 7) is 13.6. The predicted octanol–water partition coefficient (Wildman–Crippen LogP) is 23.8. The van der Waals surface area contributed by atoms with Crippen molar-refractivity contribution in [2.75, 3.05) is 42.5 Å². The number of benzene rings is 8. The van der Waals surface area contributed by atoms with Gasteiger partial charge in [0, 0.05) is 232 Å². The van der Waals surface area contributed by atoms with E-state index in [1.165, 1.54) is 62.4 Å². The maximum atomic E-state index is 13.3. The van der Waals surface area contributed by atoms with Crippen molar-refractivity contribution in [1.29, 1.82) is 0 Å². The third kappa shape index (κ3) is 25.2. The molecule has 8 N–H and O–H groups in total. The van der Waals surface area contributed by atoms with Gasteiger partial charge in [-0.2, -0.15) is 0 Å². The molecule has 0 fully saturated rings. The van der Waals surface area contributed by atoms with Crippen LogP contribution in [0.5, 0.6) is 0 Å². The molecule has 8 aromatic carbocycles. The van der Waals surface area contributed by atoms with E-state index >= 15 is 0 Å². The molecule has 144 heavy (non-hydrogen) atoms. The van der Waals surface area contributed by atoms with Crippen LogP contribution in [0.4, 0.5) is 69.3 Å². The molecule has 0 aliphatic rings. The predicted molar refractivity (Wildman–Crippen MR) is 567 cm³/mol. The lowest BCUT2D eigenvalue weighted by atomic mass is 10.1. The number of nitrogens with one attached hydrogen (secondary N) is 8. The molecule has 12 heterocycles. The number of nitrogens with zero attached hydrogens (tertiary/aromatic N) is 18. The zero-order chi connectivity index (χ0) is 114. The Morgan fingerprint density at radius 2 is 0.660 bits per heavy atom. The first kappa shape index (κ1) is 77.7. The summed E-state index contributed by atoms with van der Waals surface area (Å²) in [4.78, 5) is 112. The summed E-state index contributed by atoms with van der Waals surface area (Å²) < 4.78 is 135. The summed E-state index contributed by atoms with van der Waals surface area (Å²) in [5.41, 5.74) is 20.3. The van der Waals surface area contributed by atoms with E-state index in [1.54, 1.807) is 168 Å². The van der Waals surface area contributed by atoms with E-state index in [0.717, 1.165) is 67.0 Å². The summed E-state index contributed by atoms with van der Waals surface area (Å²) in [6.07, 6.45) is 20.1. The Morgan fingerprint density at radius 1 is 0.312 bits per heavy atom. The molecule has 0 bridgehead atoms. The van der Waals surface area contributed by atoms with Gasteiger partial charge in [-0.05, 0) is 345 Å². The second-order valence-corrected chi connectivity index (χ2v) is 33.4. The third-order valence-corrected chi connectivity index (χ3v) is 21.8. The van der Waals surface area contributed by atoms with Gasteiger partial charge in [0.1, 0.15) is 2.74 Å². The Morgan fingerprint density at radius 3 is 0.979 bits per heavy atom.